The van der Waals surface area contributed by atoms with Crippen LogP contribution >= 0.6 is 11.6 Å². The number of benzene rings is 3. The van der Waals surface area contributed by atoms with Crippen molar-refractivity contribution in [1.29, 1.82) is 0 Å². The molecule has 3 heteroatoms. The van der Waals surface area contributed by atoms with Crippen molar-refractivity contribution in [3.8, 4) is 5.75 Å². The molecule has 3 rings (SSSR count). The Morgan fingerprint density at radius 2 is 1.60 bits per heavy atom. The van der Waals surface area contributed by atoms with E-state index < -0.39 is 0 Å². The van der Waals surface area contributed by atoms with Crippen LogP contribution in [0, 0.1) is 0 Å². The number of ketones is 1. The molecule has 0 N–H and O–H groups in total. The van der Waals surface area contributed by atoms with Gasteiger partial charge in [-0.05, 0) is 35.9 Å². The summed E-state index contributed by atoms with van der Waals surface area (Å²) in [6, 6.07) is 24.4. The summed E-state index contributed by atoms with van der Waals surface area (Å²) in [5.74, 6) is 0.595. The van der Waals surface area contributed by atoms with Crippen LogP contribution in [0.25, 0.3) is 6.08 Å². The Bertz CT molecular complexity index is 871. The molecule has 0 aliphatic carbocycles. The third kappa shape index (κ3) is 4.82. The first-order chi connectivity index (χ1) is 12.2. The van der Waals surface area contributed by atoms with Crippen LogP contribution in [-0.4, -0.2) is 5.78 Å². The van der Waals surface area contributed by atoms with Crippen molar-refractivity contribution in [3.63, 3.8) is 0 Å². The smallest absolute Gasteiger partial charge is 0.185 e. The zero-order valence-electron chi connectivity index (χ0n) is 13.6. The third-order valence-corrected chi connectivity index (χ3v) is 3.92. The van der Waals surface area contributed by atoms with Crippen LogP contribution < -0.4 is 4.74 Å². The minimum atomic E-state index is -0.0513. The average molecular weight is 349 g/mol. The van der Waals surface area contributed by atoms with E-state index in [2.05, 4.69) is 0 Å². The molecule has 0 bridgehead atoms. The number of ether oxygens (including phenoxy) is 1. The van der Waals surface area contributed by atoms with Crippen LogP contribution in [0.1, 0.15) is 21.5 Å². The van der Waals surface area contributed by atoms with Crippen LogP contribution in [0.2, 0.25) is 5.02 Å². The molecule has 0 aromatic heterocycles. The topological polar surface area (TPSA) is 26.3 Å². The molecule has 0 aliphatic heterocycles. The van der Waals surface area contributed by atoms with Crippen molar-refractivity contribution >= 4 is 23.5 Å². The monoisotopic (exact) mass is 348 g/mol. The van der Waals surface area contributed by atoms with E-state index in [0.29, 0.717) is 22.9 Å². The van der Waals surface area contributed by atoms with Crippen LogP contribution in [0.15, 0.2) is 84.9 Å². The van der Waals surface area contributed by atoms with Gasteiger partial charge in [0, 0.05) is 16.1 Å². The molecule has 124 valence electrons. The van der Waals surface area contributed by atoms with Crippen molar-refractivity contribution < 1.29 is 9.53 Å². The molecule has 0 amide bonds. The Labute approximate surface area is 152 Å². The van der Waals surface area contributed by atoms with E-state index in [1.807, 2.05) is 54.6 Å². The fraction of sp³-hybridized carbons (Fsp3) is 0.0455. The Morgan fingerprint density at radius 1 is 0.920 bits per heavy atom. The van der Waals surface area contributed by atoms with Gasteiger partial charge in [0.1, 0.15) is 12.4 Å². The van der Waals surface area contributed by atoms with Gasteiger partial charge in [-0.15, -0.1) is 0 Å². The molecule has 0 heterocycles. The summed E-state index contributed by atoms with van der Waals surface area (Å²) in [5.41, 5.74) is 2.53. The molecular weight excluding hydrogens is 332 g/mol. The van der Waals surface area contributed by atoms with Gasteiger partial charge >= 0.3 is 0 Å². The van der Waals surface area contributed by atoms with E-state index in [1.54, 1.807) is 36.4 Å². The van der Waals surface area contributed by atoms with Gasteiger partial charge in [-0.1, -0.05) is 72.3 Å². The van der Waals surface area contributed by atoms with Crippen LogP contribution in [0.3, 0.4) is 0 Å². The van der Waals surface area contributed by atoms with Gasteiger partial charge in [-0.25, -0.2) is 0 Å². The second-order valence-corrected chi connectivity index (χ2v) is 5.96. The fourth-order valence-electron chi connectivity index (χ4n) is 2.37. The number of carbonyl (C=O) groups excluding carboxylic acids is 1. The highest BCUT2D eigenvalue weighted by molar-refractivity contribution is 6.30. The van der Waals surface area contributed by atoms with E-state index in [4.69, 9.17) is 16.3 Å². The standard InChI is InChI=1S/C22H17ClO2/c23-20-13-11-19(12-14-21(24)18-9-5-2-6-10-18)22(15-20)25-16-17-7-3-1-4-8-17/h1-15H,16H2/b14-12+. The molecule has 2 nitrogen and oxygen atoms in total. The van der Waals surface area contributed by atoms with Crippen molar-refractivity contribution in [2.24, 2.45) is 0 Å². The quantitative estimate of drug-likeness (QED) is 0.414. The number of carbonyl (C=O) groups is 1. The molecule has 0 atom stereocenters. The predicted molar refractivity (Wildman–Crippen MR) is 102 cm³/mol. The van der Waals surface area contributed by atoms with Gasteiger partial charge in [0.25, 0.3) is 0 Å². The Hall–Kier alpha value is -2.84. The van der Waals surface area contributed by atoms with Crippen molar-refractivity contribution in [2.45, 2.75) is 6.61 Å². The summed E-state index contributed by atoms with van der Waals surface area (Å²) in [7, 11) is 0. The fourth-order valence-corrected chi connectivity index (χ4v) is 2.53. The lowest BCUT2D eigenvalue weighted by atomic mass is 10.1. The van der Waals surface area contributed by atoms with Gasteiger partial charge in [-0.2, -0.15) is 0 Å². The molecule has 0 radical (unpaired) electrons. The van der Waals surface area contributed by atoms with Crippen LogP contribution in [0.5, 0.6) is 5.75 Å². The zero-order valence-corrected chi connectivity index (χ0v) is 14.3. The van der Waals surface area contributed by atoms with Crippen molar-refractivity contribution in [3.05, 3.63) is 107 Å². The maximum atomic E-state index is 12.2. The molecule has 0 aliphatic rings. The first kappa shape index (κ1) is 17.0. The van der Waals surface area contributed by atoms with Gasteiger partial charge in [0.05, 0.1) is 0 Å². The maximum Gasteiger partial charge on any atom is 0.185 e. The first-order valence-corrected chi connectivity index (χ1v) is 8.34. The number of halogens is 1. The highest BCUT2D eigenvalue weighted by atomic mass is 35.5. The average Bonchev–Trinajstić information content (AvgIpc) is 2.67. The lowest BCUT2D eigenvalue weighted by molar-refractivity contribution is 0.104. The van der Waals surface area contributed by atoms with Crippen LogP contribution in [0.4, 0.5) is 0 Å². The minimum Gasteiger partial charge on any atom is -0.488 e. The summed E-state index contributed by atoms with van der Waals surface area (Å²) >= 11 is 6.09. The van der Waals surface area contributed by atoms with Gasteiger partial charge in [0.15, 0.2) is 5.78 Å². The Balaban J connectivity index is 1.77. The molecule has 3 aromatic carbocycles. The normalized spacial score (nSPS) is 10.8. The molecule has 3 aromatic rings. The predicted octanol–water partition coefficient (Wildman–Crippen LogP) is 5.82. The summed E-state index contributed by atoms with van der Waals surface area (Å²) in [5, 5.41) is 0.592. The lowest BCUT2D eigenvalue weighted by Crippen LogP contribution is -1.97. The lowest BCUT2D eigenvalue weighted by Gasteiger charge is -2.10. The van der Waals surface area contributed by atoms with Crippen LogP contribution in [-0.2, 0) is 6.61 Å². The van der Waals surface area contributed by atoms with Gasteiger partial charge in [0.2, 0.25) is 0 Å². The second-order valence-electron chi connectivity index (χ2n) is 5.52. The molecule has 0 unspecified atom stereocenters. The molecule has 0 spiro atoms. The summed E-state index contributed by atoms with van der Waals surface area (Å²) in [6.45, 7) is 0.439. The number of rotatable bonds is 6. The SMILES string of the molecule is O=C(/C=C/c1ccc(Cl)cc1OCc1ccccc1)c1ccccc1. The number of allylic oxidation sites excluding steroid dienone is 1. The molecule has 0 saturated carbocycles. The first-order valence-electron chi connectivity index (χ1n) is 7.96. The molecule has 25 heavy (non-hydrogen) atoms. The largest absolute Gasteiger partial charge is 0.488 e. The van der Waals surface area contributed by atoms with Crippen molar-refractivity contribution in [2.75, 3.05) is 0 Å². The molecular formula is C22H17ClO2. The Morgan fingerprint density at radius 3 is 2.32 bits per heavy atom. The summed E-state index contributed by atoms with van der Waals surface area (Å²) in [6.07, 6.45) is 3.31. The van der Waals surface area contributed by atoms with Gasteiger partial charge < -0.3 is 4.74 Å². The highest BCUT2D eigenvalue weighted by Crippen LogP contribution is 2.25. The number of hydrogen-bond acceptors (Lipinski definition) is 2. The van der Waals surface area contributed by atoms with E-state index in [0.717, 1.165) is 11.1 Å². The highest BCUT2D eigenvalue weighted by Gasteiger charge is 2.05. The summed E-state index contributed by atoms with van der Waals surface area (Å²) < 4.78 is 5.90. The van der Waals surface area contributed by atoms with E-state index in [-0.39, 0.29) is 5.78 Å². The van der Waals surface area contributed by atoms with Crippen molar-refractivity contribution in [1.82, 2.24) is 0 Å². The summed E-state index contributed by atoms with van der Waals surface area (Å²) in [4.78, 5) is 12.2. The zero-order chi connectivity index (χ0) is 17.5. The number of hydrogen-bond donors (Lipinski definition) is 0. The van der Waals surface area contributed by atoms with E-state index in [9.17, 15) is 4.79 Å². The van der Waals surface area contributed by atoms with E-state index in [1.165, 1.54) is 0 Å². The second kappa shape index (κ2) is 8.32. The molecule has 0 fully saturated rings. The van der Waals surface area contributed by atoms with Gasteiger partial charge in [-0.3, -0.25) is 4.79 Å². The third-order valence-electron chi connectivity index (χ3n) is 3.69. The molecule has 0 saturated heterocycles. The van der Waals surface area contributed by atoms with E-state index >= 15 is 0 Å². The Kier molecular flexibility index (Phi) is 5.65. The maximum absolute atomic E-state index is 12.2. The minimum absolute atomic E-state index is 0.0513.